The lowest BCUT2D eigenvalue weighted by molar-refractivity contribution is 0.0696. The minimum atomic E-state index is -1.05. The zero-order valence-electron chi connectivity index (χ0n) is 22.9. The van der Waals surface area contributed by atoms with Crippen LogP contribution in [0.4, 0.5) is 11.4 Å². The molecule has 0 saturated heterocycles. The van der Waals surface area contributed by atoms with Crippen molar-refractivity contribution >= 4 is 34.2 Å². The predicted octanol–water partition coefficient (Wildman–Crippen LogP) is 5.90. The highest BCUT2D eigenvalue weighted by Gasteiger charge is 2.19. The maximum Gasteiger partial charge on any atom is 0.335 e. The van der Waals surface area contributed by atoms with Gasteiger partial charge in [0.15, 0.2) is 0 Å². The summed E-state index contributed by atoms with van der Waals surface area (Å²) in [7, 11) is 3.12. The smallest absolute Gasteiger partial charge is 0.335 e. The van der Waals surface area contributed by atoms with Gasteiger partial charge in [-0.25, -0.2) is 4.79 Å². The second-order valence-corrected chi connectivity index (χ2v) is 9.39. The van der Waals surface area contributed by atoms with Gasteiger partial charge in [-0.2, -0.15) is 0 Å². The van der Waals surface area contributed by atoms with Gasteiger partial charge in [0.2, 0.25) is 0 Å². The summed E-state index contributed by atoms with van der Waals surface area (Å²) in [5, 5.41) is 20.4. The number of benzene rings is 3. The van der Waals surface area contributed by atoms with Gasteiger partial charge in [-0.05, 0) is 61.4 Å². The van der Waals surface area contributed by atoms with Crippen molar-refractivity contribution in [1.82, 2.24) is 15.5 Å². The number of aryl methyl sites for hydroxylation is 2. The molecule has 0 spiro atoms. The first kappa shape index (κ1) is 27.2. The van der Waals surface area contributed by atoms with Crippen LogP contribution >= 0.6 is 0 Å². The number of carboxylic acids is 1. The number of anilines is 2. The van der Waals surface area contributed by atoms with E-state index < -0.39 is 5.97 Å². The summed E-state index contributed by atoms with van der Waals surface area (Å²) in [5.41, 5.74) is 5.35. The molecule has 0 aliphatic carbocycles. The molecule has 5 aromatic rings. The van der Waals surface area contributed by atoms with E-state index in [4.69, 9.17) is 14.0 Å². The summed E-state index contributed by atoms with van der Waals surface area (Å²) in [6, 6.07) is 17.5. The van der Waals surface area contributed by atoms with Crippen molar-refractivity contribution in [3.63, 3.8) is 0 Å². The molecule has 2 aromatic heterocycles. The highest BCUT2D eigenvalue weighted by atomic mass is 16.5. The van der Waals surface area contributed by atoms with Crippen LogP contribution in [-0.2, 0) is 6.54 Å². The third-order valence-corrected chi connectivity index (χ3v) is 6.68. The Bertz CT molecular complexity index is 1740. The second-order valence-electron chi connectivity index (χ2n) is 9.39. The summed E-state index contributed by atoms with van der Waals surface area (Å²) in [6.45, 7) is 3.93. The van der Waals surface area contributed by atoms with Crippen LogP contribution in [0.5, 0.6) is 11.5 Å². The van der Waals surface area contributed by atoms with Gasteiger partial charge in [0.25, 0.3) is 5.91 Å². The molecule has 0 atom stereocenters. The monoisotopic (exact) mass is 552 g/mol. The topological polar surface area (TPSA) is 136 Å². The molecule has 0 aliphatic rings. The summed E-state index contributed by atoms with van der Waals surface area (Å²) in [5.74, 6) is 0.485. The van der Waals surface area contributed by atoms with Crippen LogP contribution in [0.3, 0.4) is 0 Å². The number of carboxylic acid groups (broad SMARTS) is 1. The number of hydrogen-bond acceptors (Lipinski definition) is 8. The fraction of sp³-hybridized carbons (Fsp3) is 0.161. The van der Waals surface area contributed by atoms with Crippen molar-refractivity contribution in [3.8, 4) is 22.6 Å². The van der Waals surface area contributed by atoms with Crippen molar-refractivity contribution in [3.05, 3.63) is 95.0 Å². The molecule has 3 aromatic carbocycles. The Labute approximate surface area is 235 Å². The van der Waals surface area contributed by atoms with E-state index in [1.165, 1.54) is 18.3 Å². The van der Waals surface area contributed by atoms with Crippen LogP contribution in [0.25, 0.3) is 22.0 Å². The number of amides is 1. The summed E-state index contributed by atoms with van der Waals surface area (Å²) in [4.78, 5) is 29.7. The van der Waals surface area contributed by atoms with Crippen LogP contribution in [0.1, 0.15) is 37.7 Å². The van der Waals surface area contributed by atoms with Gasteiger partial charge < -0.3 is 29.7 Å². The number of methoxy groups -OCH3 is 2. The van der Waals surface area contributed by atoms with Crippen LogP contribution in [0.2, 0.25) is 0 Å². The molecule has 5 rings (SSSR count). The van der Waals surface area contributed by atoms with Crippen molar-refractivity contribution in [1.29, 1.82) is 0 Å². The van der Waals surface area contributed by atoms with Gasteiger partial charge in [0.1, 0.15) is 17.3 Å². The molecule has 3 N–H and O–H groups in total. The highest BCUT2D eigenvalue weighted by Crippen LogP contribution is 2.34. The number of fused-ring (bicyclic) bond motifs is 1. The fourth-order valence-electron chi connectivity index (χ4n) is 4.67. The number of aromatic carboxylic acids is 1. The molecule has 2 heterocycles. The molecule has 0 aliphatic heterocycles. The number of carbonyl (C=O) groups excluding carboxylic acids is 1. The Morgan fingerprint density at radius 1 is 0.976 bits per heavy atom. The quantitative estimate of drug-likeness (QED) is 0.204. The van der Waals surface area contributed by atoms with Crippen LogP contribution < -0.4 is 20.1 Å². The Balaban J connectivity index is 1.55. The Kier molecular flexibility index (Phi) is 7.55. The number of rotatable bonds is 9. The Morgan fingerprint density at radius 3 is 2.39 bits per heavy atom. The van der Waals surface area contributed by atoms with E-state index in [1.807, 2.05) is 44.2 Å². The van der Waals surface area contributed by atoms with Gasteiger partial charge in [-0.1, -0.05) is 23.4 Å². The molecule has 10 heteroatoms. The zero-order valence-corrected chi connectivity index (χ0v) is 22.9. The number of nitrogens with one attached hydrogen (secondary N) is 2. The van der Waals surface area contributed by atoms with E-state index in [-0.39, 0.29) is 23.6 Å². The Hall–Kier alpha value is -5.38. The number of nitrogens with zero attached hydrogens (tertiary/aromatic N) is 2. The zero-order chi connectivity index (χ0) is 29.1. The second kappa shape index (κ2) is 11.4. The van der Waals surface area contributed by atoms with Crippen LogP contribution in [-0.4, -0.2) is 41.3 Å². The van der Waals surface area contributed by atoms with E-state index in [0.717, 1.165) is 22.4 Å². The Morgan fingerprint density at radius 2 is 1.73 bits per heavy atom. The molecule has 0 unspecified atom stereocenters. The molecule has 0 radical (unpaired) electrons. The average molecular weight is 553 g/mol. The summed E-state index contributed by atoms with van der Waals surface area (Å²) in [6.07, 6.45) is 1.50. The maximum atomic E-state index is 13.5. The van der Waals surface area contributed by atoms with Crippen molar-refractivity contribution in [2.45, 2.75) is 20.4 Å². The number of ether oxygens (including phenoxy) is 2. The van der Waals surface area contributed by atoms with Crippen LogP contribution in [0.15, 0.2) is 71.4 Å². The number of pyridine rings is 1. The molecule has 1 amide bonds. The molecule has 0 bridgehead atoms. The third kappa shape index (κ3) is 5.67. The van der Waals surface area contributed by atoms with Gasteiger partial charge >= 0.3 is 5.97 Å². The normalized spacial score (nSPS) is 10.8. The number of aromatic nitrogens is 2. The predicted molar refractivity (Wildman–Crippen MR) is 154 cm³/mol. The van der Waals surface area contributed by atoms with Gasteiger partial charge in [0, 0.05) is 35.4 Å². The van der Waals surface area contributed by atoms with E-state index in [2.05, 4.69) is 20.8 Å². The molecule has 10 nitrogen and oxygen atoms in total. The van der Waals surface area contributed by atoms with E-state index in [0.29, 0.717) is 39.5 Å². The average Bonchev–Trinajstić information content (AvgIpc) is 3.32. The van der Waals surface area contributed by atoms with Gasteiger partial charge in [-0.3, -0.25) is 9.78 Å². The summed E-state index contributed by atoms with van der Waals surface area (Å²) >= 11 is 0. The first-order valence-electron chi connectivity index (χ1n) is 12.7. The first-order valence-corrected chi connectivity index (χ1v) is 12.7. The standard InChI is InChI=1S/C31H28N4O6/c1-17-28(18(2)41-35-17)20-8-9-25-27(13-20)32-16-26(29(25)34-22-7-5-6-21(12-22)31(37)38)30(36)33-15-19-10-23(39-3)14-24(11-19)40-4/h5-14,16H,15H2,1-4H3,(H,32,34)(H,33,36)(H,37,38). The molecule has 41 heavy (non-hydrogen) atoms. The third-order valence-electron chi connectivity index (χ3n) is 6.68. The molecule has 0 fully saturated rings. The first-order chi connectivity index (χ1) is 19.8. The lowest BCUT2D eigenvalue weighted by Gasteiger charge is -2.16. The van der Waals surface area contributed by atoms with Crippen molar-refractivity contribution < 1.29 is 28.7 Å². The molecule has 0 saturated carbocycles. The molecular formula is C31H28N4O6. The van der Waals surface area contributed by atoms with Crippen molar-refractivity contribution in [2.75, 3.05) is 19.5 Å². The van der Waals surface area contributed by atoms with Crippen LogP contribution in [0, 0.1) is 13.8 Å². The van der Waals surface area contributed by atoms with Gasteiger partial charge in [0.05, 0.1) is 42.2 Å². The van der Waals surface area contributed by atoms with E-state index in [9.17, 15) is 14.7 Å². The minimum Gasteiger partial charge on any atom is -0.497 e. The van der Waals surface area contributed by atoms with Gasteiger partial charge in [-0.15, -0.1) is 0 Å². The lowest BCUT2D eigenvalue weighted by Crippen LogP contribution is -2.24. The SMILES string of the molecule is COc1cc(CNC(=O)c2cnc3cc(-c4c(C)noc4C)ccc3c2Nc2cccc(C(=O)O)c2)cc(OC)c1. The lowest BCUT2D eigenvalue weighted by atomic mass is 10.0. The number of hydrogen-bond donors (Lipinski definition) is 3. The maximum absolute atomic E-state index is 13.5. The number of carbonyl (C=O) groups is 2. The largest absolute Gasteiger partial charge is 0.497 e. The van der Waals surface area contributed by atoms with E-state index >= 15 is 0 Å². The molecule has 208 valence electrons. The molecular weight excluding hydrogens is 524 g/mol. The highest BCUT2D eigenvalue weighted by molar-refractivity contribution is 6.08. The summed E-state index contributed by atoms with van der Waals surface area (Å²) < 4.78 is 16.0. The minimum absolute atomic E-state index is 0.118. The fourth-order valence-corrected chi connectivity index (χ4v) is 4.67. The van der Waals surface area contributed by atoms with Crippen molar-refractivity contribution in [2.24, 2.45) is 0 Å². The van der Waals surface area contributed by atoms with E-state index in [1.54, 1.807) is 32.4 Å².